The fourth-order valence-corrected chi connectivity index (χ4v) is 2.21. The minimum atomic E-state index is 0.0841. The zero-order valence-corrected chi connectivity index (χ0v) is 12.6. The SMILES string of the molecule is Cc1ccc(-n2nc(C)c(C=C(C#N)C#N)c2C)cc1C. The molecule has 0 unspecified atom stereocenters. The summed E-state index contributed by atoms with van der Waals surface area (Å²) in [6, 6.07) is 9.93. The number of nitriles is 2. The van der Waals surface area contributed by atoms with E-state index in [9.17, 15) is 0 Å². The monoisotopic (exact) mass is 276 g/mol. The van der Waals surface area contributed by atoms with Crippen molar-refractivity contribution in [2.24, 2.45) is 0 Å². The van der Waals surface area contributed by atoms with Crippen LogP contribution in [0.4, 0.5) is 0 Å². The summed E-state index contributed by atoms with van der Waals surface area (Å²) in [5.41, 5.74) is 6.04. The molecule has 2 rings (SSSR count). The van der Waals surface area contributed by atoms with Gasteiger partial charge in [-0.3, -0.25) is 0 Å². The van der Waals surface area contributed by atoms with E-state index in [0.717, 1.165) is 22.6 Å². The van der Waals surface area contributed by atoms with E-state index in [1.165, 1.54) is 11.1 Å². The maximum Gasteiger partial charge on any atom is 0.130 e. The highest BCUT2D eigenvalue weighted by atomic mass is 15.3. The normalized spacial score (nSPS) is 9.81. The van der Waals surface area contributed by atoms with Gasteiger partial charge in [0.05, 0.1) is 11.4 Å². The summed E-state index contributed by atoms with van der Waals surface area (Å²) in [6.07, 6.45) is 1.59. The molecule has 0 spiro atoms. The molecule has 0 radical (unpaired) electrons. The number of allylic oxidation sites excluding steroid dienone is 1. The Bertz CT molecular complexity index is 795. The van der Waals surface area contributed by atoms with Crippen molar-refractivity contribution in [3.8, 4) is 17.8 Å². The van der Waals surface area contributed by atoms with Crippen molar-refractivity contribution in [1.29, 1.82) is 10.5 Å². The van der Waals surface area contributed by atoms with Crippen molar-refractivity contribution in [1.82, 2.24) is 9.78 Å². The molecule has 21 heavy (non-hydrogen) atoms. The molecule has 2 aromatic rings. The Balaban J connectivity index is 2.59. The molecule has 0 saturated carbocycles. The van der Waals surface area contributed by atoms with E-state index in [2.05, 4.69) is 31.1 Å². The van der Waals surface area contributed by atoms with Crippen molar-refractivity contribution in [2.45, 2.75) is 27.7 Å². The number of rotatable bonds is 2. The maximum absolute atomic E-state index is 8.89. The standard InChI is InChI=1S/C17H16N4/c1-11-5-6-16(7-12(11)2)21-14(4)17(13(3)20-21)8-15(9-18)10-19/h5-8H,1-4H3. The number of hydrogen-bond donors (Lipinski definition) is 0. The van der Waals surface area contributed by atoms with Gasteiger partial charge in [-0.15, -0.1) is 0 Å². The van der Waals surface area contributed by atoms with E-state index >= 15 is 0 Å². The largest absolute Gasteiger partial charge is 0.237 e. The van der Waals surface area contributed by atoms with Crippen LogP contribution in [0.15, 0.2) is 23.8 Å². The van der Waals surface area contributed by atoms with E-state index in [-0.39, 0.29) is 5.57 Å². The lowest BCUT2D eigenvalue weighted by atomic mass is 10.1. The van der Waals surface area contributed by atoms with Crippen LogP contribution in [0.3, 0.4) is 0 Å². The smallest absolute Gasteiger partial charge is 0.130 e. The summed E-state index contributed by atoms with van der Waals surface area (Å²) < 4.78 is 1.85. The quantitative estimate of drug-likeness (QED) is 0.788. The predicted molar refractivity (Wildman–Crippen MR) is 81.7 cm³/mol. The second kappa shape index (κ2) is 5.64. The Kier molecular flexibility index (Phi) is 3.91. The van der Waals surface area contributed by atoms with Gasteiger partial charge in [0.1, 0.15) is 17.7 Å². The molecule has 4 nitrogen and oxygen atoms in total. The first-order valence-electron chi connectivity index (χ1n) is 6.63. The second-order valence-corrected chi connectivity index (χ2v) is 5.05. The van der Waals surface area contributed by atoms with Gasteiger partial charge in [-0.05, 0) is 57.0 Å². The number of benzene rings is 1. The van der Waals surface area contributed by atoms with Gasteiger partial charge in [0.2, 0.25) is 0 Å². The molecule has 0 atom stereocenters. The third-order valence-electron chi connectivity index (χ3n) is 3.61. The van der Waals surface area contributed by atoms with Gasteiger partial charge in [0.25, 0.3) is 0 Å². The number of nitrogens with zero attached hydrogens (tertiary/aromatic N) is 4. The molecule has 0 fully saturated rings. The number of aromatic nitrogens is 2. The summed E-state index contributed by atoms with van der Waals surface area (Å²) in [6.45, 7) is 7.95. The van der Waals surface area contributed by atoms with Crippen LogP contribution in [0.5, 0.6) is 0 Å². The van der Waals surface area contributed by atoms with Crippen LogP contribution in [0, 0.1) is 50.4 Å². The molecular weight excluding hydrogens is 260 g/mol. The molecule has 0 bridgehead atoms. The van der Waals surface area contributed by atoms with Gasteiger partial charge in [-0.2, -0.15) is 15.6 Å². The van der Waals surface area contributed by atoms with Crippen molar-refractivity contribution in [3.63, 3.8) is 0 Å². The lowest BCUT2D eigenvalue weighted by Gasteiger charge is -2.07. The average Bonchev–Trinajstić information content (AvgIpc) is 2.75. The molecule has 1 heterocycles. The zero-order valence-electron chi connectivity index (χ0n) is 12.6. The summed E-state index contributed by atoms with van der Waals surface area (Å²) in [7, 11) is 0. The fourth-order valence-electron chi connectivity index (χ4n) is 2.21. The Morgan fingerprint density at radius 2 is 1.76 bits per heavy atom. The lowest BCUT2D eigenvalue weighted by Crippen LogP contribution is -2.00. The highest BCUT2D eigenvalue weighted by molar-refractivity contribution is 5.65. The molecule has 0 N–H and O–H groups in total. The summed E-state index contributed by atoms with van der Waals surface area (Å²) >= 11 is 0. The van der Waals surface area contributed by atoms with Gasteiger partial charge >= 0.3 is 0 Å². The van der Waals surface area contributed by atoms with Crippen LogP contribution in [0.2, 0.25) is 0 Å². The fraction of sp³-hybridized carbons (Fsp3) is 0.235. The third kappa shape index (κ3) is 2.70. The minimum Gasteiger partial charge on any atom is -0.237 e. The first kappa shape index (κ1) is 14.6. The second-order valence-electron chi connectivity index (χ2n) is 5.05. The van der Waals surface area contributed by atoms with Gasteiger partial charge in [-0.25, -0.2) is 4.68 Å². The van der Waals surface area contributed by atoms with Gasteiger partial charge in [0, 0.05) is 11.3 Å². The molecule has 0 aliphatic heterocycles. The summed E-state index contributed by atoms with van der Waals surface area (Å²) in [5.74, 6) is 0. The lowest BCUT2D eigenvalue weighted by molar-refractivity contribution is 0.832. The third-order valence-corrected chi connectivity index (χ3v) is 3.61. The van der Waals surface area contributed by atoms with Crippen LogP contribution in [-0.4, -0.2) is 9.78 Å². The molecule has 1 aromatic carbocycles. The predicted octanol–water partition coefficient (Wildman–Crippen LogP) is 3.54. The summed E-state index contributed by atoms with van der Waals surface area (Å²) in [5, 5.41) is 22.3. The highest BCUT2D eigenvalue weighted by Crippen LogP contribution is 2.21. The zero-order chi connectivity index (χ0) is 15.6. The van der Waals surface area contributed by atoms with Gasteiger partial charge < -0.3 is 0 Å². The Morgan fingerprint density at radius 1 is 1.10 bits per heavy atom. The van der Waals surface area contributed by atoms with Gasteiger partial charge in [0.15, 0.2) is 0 Å². The van der Waals surface area contributed by atoms with E-state index in [4.69, 9.17) is 10.5 Å². The number of aryl methyl sites for hydroxylation is 3. The van der Waals surface area contributed by atoms with E-state index < -0.39 is 0 Å². The van der Waals surface area contributed by atoms with E-state index in [0.29, 0.717) is 0 Å². The van der Waals surface area contributed by atoms with Crippen LogP contribution < -0.4 is 0 Å². The highest BCUT2D eigenvalue weighted by Gasteiger charge is 2.12. The minimum absolute atomic E-state index is 0.0841. The average molecular weight is 276 g/mol. The van der Waals surface area contributed by atoms with E-state index in [1.807, 2.05) is 36.7 Å². The molecule has 1 aromatic heterocycles. The first-order chi connectivity index (χ1) is 9.97. The van der Waals surface area contributed by atoms with Gasteiger partial charge in [-0.1, -0.05) is 6.07 Å². The maximum atomic E-state index is 8.89. The molecule has 104 valence electrons. The molecule has 0 aliphatic rings. The Hall–Kier alpha value is -2.85. The molecule has 0 saturated heterocycles. The first-order valence-corrected chi connectivity index (χ1v) is 6.63. The Morgan fingerprint density at radius 3 is 2.33 bits per heavy atom. The van der Waals surface area contributed by atoms with Crippen molar-refractivity contribution >= 4 is 6.08 Å². The molecular formula is C17H16N4. The van der Waals surface area contributed by atoms with Crippen LogP contribution >= 0.6 is 0 Å². The van der Waals surface area contributed by atoms with Crippen molar-refractivity contribution in [2.75, 3.05) is 0 Å². The molecule has 0 aliphatic carbocycles. The topological polar surface area (TPSA) is 65.4 Å². The van der Waals surface area contributed by atoms with E-state index in [1.54, 1.807) is 6.08 Å². The van der Waals surface area contributed by atoms with Crippen LogP contribution in [0.1, 0.15) is 28.1 Å². The van der Waals surface area contributed by atoms with Crippen molar-refractivity contribution in [3.05, 3.63) is 51.9 Å². The summed E-state index contributed by atoms with van der Waals surface area (Å²) in [4.78, 5) is 0. The van der Waals surface area contributed by atoms with Crippen molar-refractivity contribution < 1.29 is 0 Å². The molecule has 0 amide bonds. The Labute approximate surface area is 124 Å². The molecule has 4 heteroatoms. The number of hydrogen-bond acceptors (Lipinski definition) is 3. The van der Waals surface area contributed by atoms with Crippen LogP contribution in [0.25, 0.3) is 11.8 Å². The van der Waals surface area contributed by atoms with Crippen LogP contribution in [-0.2, 0) is 0 Å².